The van der Waals surface area contributed by atoms with E-state index in [1.54, 1.807) is 12.3 Å². The molecule has 1 saturated heterocycles. The van der Waals surface area contributed by atoms with Crippen LogP contribution in [-0.2, 0) is 16.6 Å². The van der Waals surface area contributed by atoms with Crippen molar-refractivity contribution in [2.45, 2.75) is 17.4 Å². The molecule has 1 aliphatic heterocycles. The molecule has 0 aromatic carbocycles. The topological polar surface area (TPSA) is 42.0 Å². The molecule has 5 heteroatoms. The summed E-state index contributed by atoms with van der Waals surface area (Å²) in [6, 6.07) is 3.62. The van der Waals surface area contributed by atoms with Crippen LogP contribution in [0.3, 0.4) is 0 Å². The van der Waals surface area contributed by atoms with Gasteiger partial charge in [0.15, 0.2) is 0 Å². The van der Waals surface area contributed by atoms with E-state index >= 15 is 0 Å². The first kappa shape index (κ1) is 11.0. The van der Waals surface area contributed by atoms with Crippen LogP contribution in [0.4, 0.5) is 0 Å². The van der Waals surface area contributed by atoms with Crippen LogP contribution >= 0.6 is 11.6 Å². The van der Waals surface area contributed by atoms with Crippen molar-refractivity contribution in [3.63, 3.8) is 0 Å². The Balaban J connectivity index is 1.96. The normalized spacial score (nSPS) is 22.9. The van der Waals surface area contributed by atoms with Gasteiger partial charge in [-0.1, -0.05) is 17.7 Å². The van der Waals surface area contributed by atoms with Crippen LogP contribution in [0.25, 0.3) is 0 Å². The summed E-state index contributed by atoms with van der Waals surface area (Å²) < 4.78 is 11.9. The molecule has 0 saturated carbocycles. The van der Waals surface area contributed by atoms with E-state index in [4.69, 9.17) is 11.6 Å². The molecular weight excluding hydrogens is 232 g/mol. The number of pyridine rings is 1. The quantitative estimate of drug-likeness (QED) is 0.817. The van der Waals surface area contributed by atoms with Crippen molar-refractivity contribution in [2.24, 2.45) is 0 Å². The highest BCUT2D eigenvalue weighted by Crippen LogP contribution is 2.13. The molecule has 15 heavy (non-hydrogen) atoms. The summed E-state index contributed by atoms with van der Waals surface area (Å²) in [5.74, 6) is 0.580. The molecular formula is C10H13ClN2OS. The van der Waals surface area contributed by atoms with Gasteiger partial charge in [0.2, 0.25) is 0 Å². The first-order valence-electron chi connectivity index (χ1n) is 4.94. The van der Waals surface area contributed by atoms with Crippen LogP contribution < -0.4 is 5.32 Å². The third-order valence-corrected chi connectivity index (χ3v) is 4.47. The maximum Gasteiger partial charge on any atom is 0.129 e. The van der Waals surface area contributed by atoms with Gasteiger partial charge in [-0.15, -0.1) is 0 Å². The summed E-state index contributed by atoms with van der Waals surface area (Å²) in [5, 5.41) is 3.99. The number of halogens is 1. The molecule has 2 rings (SSSR count). The van der Waals surface area contributed by atoms with E-state index in [0.29, 0.717) is 16.2 Å². The largest absolute Gasteiger partial charge is 0.315 e. The molecule has 1 fully saturated rings. The highest BCUT2D eigenvalue weighted by Gasteiger charge is 2.20. The number of nitrogens with zero attached hydrogens (tertiary/aromatic N) is 1. The molecule has 82 valence electrons. The lowest BCUT2D eigenvalue weighted by molar-refractivity contribution is 0.672. The number of nitrogens with one attached hydrogen (secondary N) is 1. The third kappa shape index (κ3) is 3.00. The first-order valence-corrected chi connectivity index (χ1v) is 6.70. The van der Waals surface area contributed by atoms with Crippen molar-refractivity contribution >= 4 is 22.4 Å². The highest BCUT2D eigenvalue weighted by molar-refractivity contribution is 7.84. The fourth-order valence-corrected chi connectivity index (χ4v) is 3.16. The Kier molecular flexibility index (Phi) is 3.72. The molecule has 2 heterocycles. The molecule has 0 radical (unpaired) electrons. The van der Waals surface area contributed by atoms with Gasteiger partial charge in [-0.05, 0) is 24.6 Å². The smallest absolute Gasteiger partial charge is 0.129 e. The molecule has 0 bridgehead atoms. The lowest BCUT2D eigenvalue weighted by Gasteiger charge is -2.07. The van der Waals surface area contributed by atoms with Crippen LogP contribution in [0.15, 0.2) is 18.3 Å². The zero-order valence-corrected chi connectivity index (χ0v) is 9.85. The number of rotatable bonds is 3. The van der Waals surface area contributed by atoms with Crippen molar-refractivity contribution in [1.82, 2.24) is 10.3 Å². The second-order valence-corrected chi connectivity index (χ2v) is 5.73. The maximum absolute atomic E-state index is 11.9. The summed E-state index contributed by atoms with van der Waals surface area (Å²) in [6.45, 7) is 1.85. The number of hydrogen-bond donors (Lipinski definition) is 1. The molecule has 1 aromatic heterocycles. The van der Waals surface area contributed by atoms with Crippen LogP contribution in [0, 0.1) is 0 Å². The monoisotopic (exact) mass is 244 g/mol. The van der Waals surface area contributed by atoms with Crippen LogP contribution in [0.5, 0.6) is 0 Å². The Morgan fingerprint density at radius 3 is 3.07 bits per heavy atom. The molecule has 0 aliphatic carbocycles. The Morgan fingerprint density at radius 1 is 1.60 bits per heavy atom. The second kappa shape index (κ2) is 5.05. The molecule has 0 amide bonds. The van der Waals surface area contributed by atoms with Crippen molar-refractivity contribution < 1.29 is 4.21 Å². The van der Waals surface area contributed by atoms with Crippen LogP contribution in [0.1, 0.15) is 12.0 Å². The Morgan fingerprint density at radius 2 is 2.47 bits per heavy atom. The maximum atomic E-state index is 11.9. The average molecular weight is 245 g/mol. The standard InChI is InChI=1S/C10H13ClN2OS/c11-10-2-1-8(5-13-10)7-15(14)9-3-4-12-6-9/h1-2,5,9,12H,3-4,6-7H2/t9-,15?/m0/s1. The molecule has 1 aliphatic rings. The van der Waals surface area contributed by atoms with Gasteiger partial charge in [0.05, 0.1) is 5.75 Å². The van der Waals surface area contributed by atoms with E-state index in [-0.39, 0.29) is 0 Å². The molecule has 0 spiro atoms. The SMILES string of the molecule is O=S(Cc1ccc(Cl)nc1)[C@H]1CCNC1. The molecule has 2 atom stereocenters. The minimum absolute atomic E-state index is 0.292. The number of hydrogen-bond acceptors (Lipinski definition) is 3. The fraction of sp³-hybridized carbons (Fsp3) is 0.500. The summed E-state index contributed by atoms with van der Waals surface area (Å²) in [6.07, 6.45) is 2.70. The molecule has 1 N–H and O–H groups in total. The highest BCUT2D eigenvalue weighted by atomic mass is 35.5. The molecule has 1 aromatic rings. The van der Waals surface area contributed by atoms with Crippen LogP contribution in [-0.4, -0.2) is 27.5 Å². The zero-order chi connectivity index (χ0) is 10.7. The third-order valence-electron chi connectivity index (χ3n) is 2.48. The second-order valence-electron chi connectivity index (χ2n) is 3.63. The van der Waals surface area contributed by atoms with Crippen molar-refractivity contribution in [3.8, 4) is 0 Å². The summed E-state index contributed by atoms with van der Waals surface area (Å²) in [4.78, 5) is 3.97. The summed E-state index contributed by atoms with van der Waals surface area (Å²) >= 11 is 5.68. The summed E-state index contributed by atoms with van der Waals surface area (Å²) in [5.41, 5.74) is 0.990. The lowest BCUT2D eigenvalue weighted by Crippen LogP contribution is -2.19. The van der Waals surface area contributed by atoms with Crippen molar-refractivity contribution in [1.29, 1.82) is 0 Å². The van der Waals surface area contributed by atoms with E-state index in [9.17, 15) is 4.21 Å². The van der Waals surface area contributed by atoms with Gasteiger partial charge < -0.3 is 5.32 Å². The molecule has 3 nitrogen and oxygen atoms in total. The predicted octanol–water partition coefficient (Wildman–Crippen LogP) is 1.35. The Bertz CT molecular complexity index is 349. The minimum atomic E-state index is -0.799. The predicted molar refractivity (Wildman–Crippen MR) is 62.4 cm³/mol. The van der Waals surface area contributed by atoms with E-state index in [0.717, 1.165) is 25.1 Å². The van der Waals surface area contributed by atoms with E-state index in [1.807, 2.05) is 6.07 Å². The van der Waals surface area contributed by atoms with Crippen molar-refractivity contribution in [3.05, 3.63) is 29.0 Å². The number of aromatic nitrogens is 1. The van der Waals surface area contributed by atoms with Gasteiger partial charge in [-0.25, -0.2) is 4.98 Å². The lowest BCUT2D eigenvalue weighted by atomic mass is 10.3. The molecule has 1 unspecified atom stereocenters. The Labute approximate surface area is 96.7 Å². The average Bonchev–Trinajstić information content (AvgIpc) is 2.74. The van der Waals surface area contributed by atoms with Gasteiger partial charge in [0.1, 0.15) is 5.15 Å². The van der Waals surface area contributed by atoms with E-state index < -0.39 is 10.8 Å². The zero-order valence-electron chi connectivity index (χ0n) is 8.28. The summed E-state index contributed by atoms with van der Waals surface area (Å²) in [7, 11) is -0.799. The van der Waals surface area contributed by atoms with E-state index in [2.05, 4.69) is 10.3 Å². The Hall–Kier alpha value is -0.450. The minimum Gasteiger partial charge on any atom is -0.315 e. The first-order chi connectivity index (χ1) is 7.25. The van der Waals surface area contributed by atoms with Crippen LogP contribution in [0.2, 0.25) is 5.15 Å². The van der Waals surface area contributed by atoms with Crippen molar-refractivity contribution in [2.75, 3.05) is 13.1 Å². The van der Waals surface area contributed by atoms with Gasteiger partial charge >= 0.3 is 0 Å². The van der Waals surface area contributed by atoms with Gasteiger partial charge in [0.25, 0.3) is 0 Å². The van der Waals surface area contributed by atoms with Gasteiger partial charge in [-0.2, -0.15) is 0 Å². The van der Waals surface area contributed by atoms with Gasteiger partial charge in [0, 0.05) is 28.8 Å². The van der Waals surface area contributed by atoms with Gasteiger partial charge in [-0.3, -0.25) is 4.21 Å². The fourth-order valence-electron chi connectivity index (χ4n) is 1.63. The van der Waals surface area contributed by atoms with E-state index in [1.165, 1.54) is 0 Å².